The molecule has 0 atom stereocenters. The van der Waals surface area contributed by atoms with Gasteiger partial charge in [-0.15, -0.1) is 11.6 Å². The third kappa shape index (κ3) is 3.95. The van der Waals surface area contributed by atoms with Crippen molar-refractivity contribution < 1.29 is 0 Å². The largest absolute Gasteiger partial charge is 0.309 e. The lowest BCUT2D eigenvalue weighted by molar-refractivity contribution is 0.284. The van der Waals surface area contributed by atoms with Crippen molar-refractivity contribution in [2.24, 2.45) is 5.41 Å². The summed E-state index contributed by atoms with van der Waals surface area (Å²) in [4.78, 5) is 4.29. The van der Waals surface area contributed by atoms with Gasteiger partial charge in [-0.3, -0.25) is 0 Å². The summed E-state index contributed by atoms with van der Waals surface area (Å²) in [7, 11) is 0. The van der Waals surface area contributed by atoms with E-state index in [2.05, 4.69) is 36.2 Å². The average Bonchev–Trinajstić information content (AvgIpc) is 2.83. The van der Waals surface area contributed by atoms with Crippen molar-refractivity contribution in [1.29, 1.82) is 0 Å². The van der Waals surface area contributed by atoms with Gasteiger partial charge in [-0.1, -0.05) is 20.8 Å². The minimum absolute atomic E-state index is 0.206. The maximum atomic E-state index is 6.09. The van der Waals surface area contributed by atoms with Gasteiger partial charge in [-0.2, -0.15) is 5.10 Å². The second kappa shape index (κ2) is 7.74. The third-order valence-corrected chi connectivity index (χ3v) is 4.26. The topological polar surface area (TPSA) is 42.7 Å². The van der Waals surface area contributed by atoms with Crippen molar-refractivity contribution in [2.45, 2.75) is 53.1 Å². The highest BCUT2D eigenvalue weighted by Crippen LogP contribution is 2.26. The molecule has 0 aliphatic heterocycles. The van der Waals surface area contributed by atoms with Crippen LogP contribution in [0.2, 0.25) is 0 Å². The Bertz CT molecular complexity index is 325. The molecule has 0 amide bonds. The number of rotatable bonds is 9. The van der Waals surface area contributed by atoms with Gasteiger partial charge in [-0.25, -0.2) is 9.67 Å². The Labute approximate surface area is 115 Å². The van der Waals surface area contributed by atoms with Gasteiger partial charge in [-0.05, 0) is 24.7 Å². The molecule has 1 rings (SSSR count). The highest BCUT2D eigenvalue weighted by molar-refractivity contribution is 6.18. The molecule has 1 aromatic heterocycles. The normalized spacial score (nSPS) is 12.0. The molecule has 0 unspecified atom stereocenters. The van der Waals surface area contributed by atoms with Crippen LogP contribution in [0.1, 0.15) is 45.9 Å². The van der Waals surface area contributed by atoms with Crippen LogP contribution in [0.15, 0.2) is 6.33 Å². The molecule has 0 aliphatic rings. The molecule has 1 N–H and O–H groups in total. The molecule has 0 bridgehead atoms. The quantitative estimate of drug-likeness (QED) is 0.703. The van der Waals surface area contributed by atoms with E-state index in [9.17, 15) is 0 Å². The lowest BCUT2D eigenvalue weighted by Crippen LogP contribution is -2.35. The molecule has 0 radical (unpaired) electrons. The molecule has 0 spiro atoms. The number of halogens is 1. The van der Waals surface area contributed by atoms with Crippen molar-refractivity contribution >= 4 is 11.6 Å². The number of hydrogen-bond acceptors (Lipinski definition) is 3. The van der Waals surface area contributed by atoms with Crippen LogP contribution in [0, 0.1) is 5.41 Å². The molecule has 0 aromatic carbocycles. The van der Waals surface area contributed by atoms with Gasteiger partial charge in [0.05, 0.1) is 6.54 Å². The van der Waals surface area contributed by atoms with Gasteiger partial charge < -0.3 is 5.32 Å². The van der Waals surface area contributed by atoms with E-state index in [1.54, 1.807) is 6.33 Å². The van der Waals surface area contributed by atoms with Crippen LogP contribution in [0.3, 0.4) is 0 Å². The van der Waals surface area contributed by atoms with Crippen molar-refractivity contribution in [2.75, 3.05) is 12.4 Å². The molecule has 0 fully saturated rings. The summed E-state index contributed by atoms with van der Waals surface area (Å²) in [5, 5.41) is 7.69. The van der Waals surface area contributed by atoms with Crippen molar-refractivity contribution in [3.8, 4) is 0 Å². The van der Waals surface area contributed by atoms with Crippen LogP contribution >= 0.6 is 11.6 Å². The Morgan fingerprint density at radius 2 is 2.06 bits per heavy atom. The minimum Gasteiger partial charge on any atom is -0.309 e. The first-order valence-electron chi connectivity index (χ1n) is 6.84. The molecule has 18 heavy (non-hydrogen) atoms. The zero-order valence-electron chi connectivity index (χ0n) is 11.7. The number of nitrogens with zero attached hydrogens (tertiary/aromatic N) is 3. The summed E-state index contributed by atoms with van der Waals surface area (Å²) in [6, 6.07) is 0. The standard InChI is InChI=1S/C13H25ClN4/c1-4-7-18-12(16-11-17-18)8-15-10-13(5-2,6-3)9-14/h11,15H,4-10H2,1-3H3. The fourth-order valence-electron chi connectivity index (χ4n) is 2.00. The smallest absolute Gasteiger partial charge is 0.140 e. The number of hydrogen-bond donors (Lipinski definition) is 1. The number of nitrogens with one attached hydrogen (secondary N) is 1. The van der Waals surface area contributed by atoms with Gasteiger partial charge in [0.1, 0.15) is 12.2 Å². The lowest BCUT2D eigenvalue weighted by atomic mass is 9.84. The predicted molar refractivity (Wildman–Crippen MR) is 75.8 cm³/mol. The minimum atomic E-state index is 0.206. The van der Waals surface area contributed by atoms with Crippen LogP contribution in [-0.2, 0) is 13.1 Å². The third-order valence-electron chi connectivity index (χ3n) is 3.70. The summed E-state index contributed by atoms with van der Waals surface area (Å²) in [6.07, 6.45) is 4.90. The Morgan fingerprint density at radius 1 is 1.33 bits per heavy atom. The van der Waals surface area contributed by atoms with Crippen LogP contribution in [-0.4, -0.2) is 27.2 Å². The van der Waals surface area contributed by atoms with E-state index >= 15 is 0 Å². The summed E-state index contributed by atoms with van der Waals surface area (Å²) >= 11 is 6.09. The Morgan fingerprint density at radius 3 is 2.61 bits per heavy atom. The Hall–Kier alpha value is -0.610. The molecule has 0 aliphatic carbocycles. The highest BCUT2D eigenvalue weighted by Gasteiger charge is 2.24. The maximum Gasteiger partial charge on any atom is 0.140 e. The first-order chi connectivity index (χ1) is 8.71. The van der Waals surface area contributed by atoms with E-state index in [-0.39, 0.29) is 5.41 Å². The zero-order chi connectivity index (χ0) is 13.4. The second-order valence-corrected chi connectivity index (χ2v) is 5.11. The number of aromatic nitrogens is 3. The monoisotopic (exact) mass is 272 g/mol. The van der Waals surface area contributed by atoms with E-state index in [4.69, 9.17) is 11.6 Å². The maximum absolute atomic E-state index is 6.09. The molecule has 0 saturated heterocycles. The molecule has 1 heterocycles. The fraction of sp³-hybridized carbons (Fsp3) is 0.846. The van der Waals surface area contributed by atoms with Crippen LogP contribution < -0.4 is 5.32 Å². The van der Waals surface area contributed by atoms with Crippen molar-refractivity contribution in [1.82, 2.24) is 20.1 Å². The highest BCUT2D eigenvalue weighted by atomic mass is 35.5. The Kier molecular flexibility index (Phi) is 6.65. The number of alkyl halides is 1. The first-order valence-corrected chi connectivity index (χ1v) is 7.38. The Balaban J connectivity index is 2.47. The molecular formula is C13H25ClN4. The van der Waals surface area contributed by atoms with Gasteiger partial charge in [0.15, 0.2) is 0 Å². The van der Waals surface area contributed by atoms with E-state index in [0.29, 0.717) is 5.88 Å². The molecule has 104 valence electrons. The van der Waals surface area contributed by atoms with Crippen LogP contribution in [0.5, 0.6) is 0 Å². The SMILES string of the molecule is CCCn1ncnc1CNCC(CC)(CC)CCl. The fourth-order valence-corrected chi connectivity index (χ4v) is 2.47. The van der Waals surface area contributed by atoms with Gasteiger partial charge >= 0.3 is 0 Å². The van der Waals surface area contributed by atoms with Crippen molar-refractivity contribution in [3.63, 3.8) is 0 Å². The molecular weight excluding hydrogens is 248 g/mol. The lowest BCUT2D eigenvalue weighted by Gasteiger charge is -2.29. The van der Waals surface area contributed by atoms with Gasteiger partial charge in [0, 0.05) is 19.0 Å². The molecule has 4 nitrogen and oxygen atoms in total. The summed E-state index contributed by atoms with van der Waals surface area (Å²) in [6.45, 7) is 9.17. The first kappa shape index (κ1) is 15.4. The molecule has 0 saturated carbocycles. The second-order valence-electron chi connectivity index (χ2n) is 4.84. The van der Waals surface area contributed by atoms with Crippen LogP contribution in [0.25, 0.3) is 0 Å². The predicted octanol–water partition coefficient (Wildman–Crippen LogP) is 2.82. The van der Waals surface area contributed by atoms with E-state index < -0.39 is 0 Å². The average molecular weight is 273 g/mol. The summed E-state index contributed by atoms with van der Waals surface area (Å²) < 4.78 is 1.97. The van der Waals surface area contributed by atoms with E-state index in [0.717, 1.165) is 44.7 Å². The summed E-state index contributed by atoms with van der Waals surface area (Å²) in [5.41, 5.74) is 0.206. The van der Waals surface area contributed by atoms with E-state index in [1.165, 1.54) is 0 Å². The molecule has 5 heteroatoms. The van der Waals surface area contributed by atoms with Gasteiger partial charge in [0.25, 0.3) is 0 Å². The summed E-state index contributed by atoms with van der Waals surface area (Å²) in [5.74, 6) is 1.71. The molecule has 1 aromatic rings. The van der Waals surface area contributed by atoms with E-state index in [1.807, 2.05) is 4.68 Å². The van der Waals surface area contributed by atoms with Gasteiger partial charge in [0.2, 0.25) is 0 Å². The van der Waals surface area contributed by atoms with Crippen LogP contribution in [0.4, 0.5) is 0 Å². The zero-order valence-corrected chi connectivity index (χ0v) is 12.5. The van der Waals surface area contributed by atoms with Crippen molar-refractivity contribution in [3.05, 3.63) is 12.2 Å². The number of aryl methyl sites for hydroxylation is 1.